The quantitative estimate of drug-likeness (QED) is 0.343. The Morgan fingerprint density at radius 1 is 1.25 bits per heavy atom. The van der Waals surface area contributed by atoms with Gasteiger partial charge in [-0.3, -0.25) is 10.1 Å². The van der Waals surface area contributed by atoms with Crippen LogP contribution >= 0.6 is 11.8 Å². The number of non-ortho nitro benzene ring substituents is 1. The van der Waals surface area contributed by atoms with E-state index in [0.29, 0.717) is 16.6 Å². The number of benzene rings is 1. The van der Waals surface area contributed by atoms with Gasteiger partial charge in [-0.15, -0.1) is 0 Å². The van der Waals surface area contributed by atoms with E-state index in [4.69, 9.17) is 0 Å². The van der Waals surface area contributed by atoms with Gasteiger partial charge in [-0.05, 0) is 5.56 Å². The van der Waals surface area contributed by atoms with Crippen molar-refractivity contribution < 1.29 is 4.92 Å². The van der Waals surface area contributed by atoms with E-state index >= 15 is 0 Å². The van der Waals surface area contributed by atoms with Crippen LogP contribution in [0.25, 0.3) is 11.2 Å². The number of imidazole rings is 1. The highest BCUT2D eigenvalue weighted by atomic mass is 32.2. The van der Waals surface area contributed by atoms with Gasteiger partial charge in [-0.1, -0.05) is 23.9 Å². The molecule has 0 radical (unpaired) electrons. The number of hydrogen-bond acceptors (Lipinski definition) is 6. The van der Waals surface area contributed by atoms with Crippen molar-refractivity contribution in [1.82, 2.24) is 19.9 Å². The van der Waals surface area contributed by atoms with Crippen LogP contribution in [0, 0.1) is 10.1 Å². The monoisotopic (exact) mass is 287 g/mol. The average Bonchev–Trinajstić information content (AvgIpc) is 2.93. The highest BCUT2D eigenvalue weighted by Gasteiger charge is 2.06. The molecule has 2 heterocycles. The molecule has 0 unspecified atom stereocenters. The van der Waals surface area contributed by atoms with Crippen LogP contribution in [0.15, 0.2) is 41.9 Å². The van der Waals surface area contributed by atoms with Gasteiger partial charge in [0.15, 0.2) is 10.8 Å². The van der Waals surface area contributed by atoms with Crippen molar-refractivity contribution >= 4 is 28.6 Å². The molecule has 20 heavy (non-hydrogen) atoms. The third kappa shape index (κ3) is 2.59. The molecule has 3 aromatic rings. The van der Waals surface area contributed by atoms with Gasteiger partial charge in [0.2, 0.25) is 0 Å². The Balaban J connectivity index is 1.70. The van der Waals surface area contributed by atoms with Gasteiger partial charge in [-0.2, -0.15) is 0 Å². The predicted molar refractivity (Wildman–Crippen MR) is 74.3 cm³/mol. The highest BCUT2D eigenvalue weighted by Crippen LogP contribution is 2.21. The van der Waals surface area contributed by atoms with E-state index in [9.17, 15) is 10.1 Å². The van der Waals surface area contributed by atoms with Crippen molar-refractivity contribution in [2.45, 2.75) is 10.9 Å². The number of aromatic nitrogens is 4. The molecule has 0 amide bonds. The van der Waals surface area contributed by atoms with Crippen LogP contribution in [0.2, 0.25) is 0 Å². The summed E-state index contributed by atoms with van der Waals surface area (Å²) >= 11 is 1.46. The third-order valence-electron chi connectivity index (χ3n) is 2.67. The number of rotatable bonds is 4. The molecule has 0 aliphatic rings. The van der Waals surface area contributed by atoms with Gasteiger partial charge in [0, 0.05) is 17.9 Å². The fourth-order valence-electron chi connectivity index (χ4n) is 1.65. The molecule has 0 atom stereocenters. The zero-order valence-electron chi connectivity index (χ0n) is 10.2. The minimum Gasteiger partial charge on any atom is -0.342 e. The lowest BCUT2D eigenvalue weighted by Crippen LogP contribution is -1.90. The largest absolute Gasteiger partial charge is 0.342 e. The lowest BCUT2D eigenvalue weighted by Gasteiger charge is -2.00. The Kier molecular flexibility index (Phi) is 3.30. The smallest absolute Gasteiger partial charge is 0.269 e. The molecule has 0 saturated heterocycles. The first-order chi connectivity index (χ1) is 9.72. The first kappa shape index (κ1) is 12.5. The van der Waals surface area contributed by atoms with E-state index in [1.165, 1.54) is 23.9 Å². The Morgan fingerprint density at radius 3 is 2.80 bits per heavy atom. The SMILES string of the molecule is O=[N+]([O-])c1ccc(CSc2ncc3[nH]cnc3n2)cc1. The first-order valence-electron chi connectivity index (χ1n) is 5.74. The van der Waals surface area contributed by atoms with Crippen molar-refractivity contribution in [3.05, 3.63) is 52.5 Å². The molecule has 3 rings (SSSR count). The number of nitro benzene ring substituents is 1. The number of hydrogen-bond donors (Lipinski definition) is 1. The standard InChI is InChI=1S/C12H9N5O2S/c18-17(19)9-3-1-8(2-4-9)6-20-12-13-5-10-11(16-12)15-7-14-10/h1-5,7H,6H2,(H,13,14,15,16). The summed E-state index contributed by atoms with van der Waals surface area (Å²) in [6.07, 6.45) is 3.26. The van der Waals surface area contributed by atoms with E-state index in [1.807, 2.05) is 0 Å². The zero-order valence-corrected chi connectivity index (χ0v) is 11.0. The minimum absolute atomic E-state index is 0.0907. The van der Waals surface area contributed by atoms with E-state index < -0.39 is 4.92 Å². The summed E-state index contributed by atoms with van der Waals surface area (Å²) in [5.41, 5.74) is 2.50. The molecule has 2 aromatic heterocycles. The number of nitro groups is 1. The summed E-state index contributed by atoms with van der Waals surface area (Å²) in [4.78, 5) is 25.7. The number of nitrogens with one attached hydrogen (secondary N) is 1. The van der Waals surface area contributed by atoms with Crippen molar-refractivity contribution in [2.75, 3.05) is 0 Å². The Labute approximate surface area is 117 Å². The second-order valence-corrected chi connectivity index (χ2v) is 4.95. The maximum absolute atomic E-state index is 10.6. The normalized spacial score (nSPS) is 10.8. The summed E-state index contributed by atoms with van der Waals surface area (Å²) in [7, 11) is 0. The molecule has 100 valence electrons. The fourth-order valence-corrected chi connectivity index (χ4v) is 2.42. The van der Waals surface area contributed by atoms with Crippen LogP contribution in [0.5, 0.6) is 0 Å². The molecule has 0 fully saturated rings. The first-order valence-corrected chi connectivity index (χ1v) is 6.73. The Morgan fingerprint density at radius 2 is 2.05 bits per heavy atom. The van der Waals surface area contributed by atoms with Crippen LogP contribution in [-0.2, 0) is 5.75 Å². The molecule has 0 spiro atoms. The van der Waals surface area contributed by atoms with Gasteiger partial charge in [0.1, 0.15) is 5.52 Å². The molecule has 0 aliphatic carbocycles. The maximum atomic E-state index is 10.6. The van der Waals surface area contributed by atoms with Gasteiger partial charge >= 0.3 is 0 Å². The molecule has 0 saturated carbocycles. The van der Waals surface area contributed by atoms with E-state index in [1.54, 1.807) is 24.7 Å². The van der Waals surface area contributed by atoms with E-state index in [0.717, 1.165) is 11.1 Å². The second-order valence-electron chi connectivity index (χ2n) is 4.00. The van der Waals surface area contributed by atoms with Crippen LogP contribution in [-0.4, -0.2) is 24.9 Å². The number of nitrogens with zero attached hydrogens (tertiary/aromatic N) is 4. The fraction of sp³-hybridized carbons (Fsp3) is 0.0833. The Bertz CT molecular complexity index is 756. The van der Waals surface area contributed by atoms with Crippen LogP contribution in [0.1, 0.15) is 5.56 Å². The molecule has 0 aliphatic heterocycles. The van der Waals surface area contributed by atoms with Crippen molar-refractivity contribution in [2.24, 2.45) is 0 Å². The minimum atomic E-state index is -0.411. The number of aromatic amines is 1. The molecule has 0 bridgehead atoms. The summed E-state index contributed by atoms with van der Waals surface area (Å²) in [5.74, 6) is 0.647. The maximum Gasteiger partial charge on any atom is 0.269 e. The van der Waals surface area contributed by atoms with Crippen molar-refractivity contribution in [3.8, 4) is 0 Å². The number of H-pyrrole nitrogens is 1. The van der Waals surface area contributed by atoms with Crippen LogP contribution in [0.3, 0.4) is 0 Å². The molecule has 1 N–H and O–H groups in total. The molecule has 7 nitrogen and oxygen atoms in total. The molecule has 8 heteroatoms. The topological polar surface area (TPSA) is 97.6 Å². The Hall–Kier alpha value is -2.48. The van der Waals surface area contributed by atoms with Gasteiger partial charge in [0.05, 0.1) is 17.4 Å². The molecular weight excluding hydrogens is 278 g/mol. The lowest BCUT2D eigenvalue weighted by molar-refractivity contribution is -0.384. The van der Waals surface area contributed by atoms with Crippen molar-refractivity contribution in [3.63, 3.8) is 0 Å². The predicted octanol–water partition coefficient (Wildman–Crippen LogP) is 2.55. The van der Waals surface area contributed by atoms with Crippen molar-refractivity contribution in [1.29, 1.82) is 0 Å². The van der Waals surface area contributed by atoms with Gasteiger partial charge < -0.3 is 4.98 Å². The van der Waals surface area contributed by atoms with E-state index in [-0.39, 0.29) is 5.69 Å². The molecular formula is C12H9N5O2S. The summed E-state index contributed by atoms with van der Waals surface area (Å²) < 4.78 is 0. The van der Waals surface area contributed by atoms with E-state index in [2.05, 4.69) is 19.9 Å². The van der Waals surface area contributed by atoms with Gasteiger partial charge in [-0.25, -0.2) is 15.0 Å². The van der Waals surface area contributed by atoms with Crippen LogP contribution in [0.4, 0.5) is 5.69 Å². The average molecular weight is 287 g/mol. The highest BCUT2D eigenvalue weighted by molar-refractivity contribution is 7.98. The van der Waals surface area contributed by atoms with Gasteiger partial charge in [0.25, 0.3) is 5.69 Å². The summed E-state index contributed by atoms with van der Waals surface area (Å²) in [6, 6.07) is 6.46. The zero-order chi connectivity index (χ0) is 13.9. The van der Waals surface area contributed by atoms with Crippen LogP contribution < -0.4 is 0 Å². The molecule has 1 aromatic carbocycles. The lowest BCUT2D eigenvalue weighted by atomic mass is 10.2. The second kappa shape index (κ2) is 5.25. The number of fused-ring (bicyclic) bond motifs is 1. The number of thioether (sulfide) groups is 1. The summed E-state index contributed by atoms with van der Waals surface area (Å²) in [5, 5.41) is 11.2. The summed E-state index contributed by atoms with van der Waals surface area (Å²) in [6.45, 7) is 0. The third-order valence-corrected chi connectivity index (χ3v) is 3.60.